The van der Waals surface area contributed by atoms with Crippen LogP contribution in [0.3, 0.4) is 0 Å². The highest BCUT2D eigenvalue weighted by Gasteiger charge is 2.38. The van der Waals surface area contributed by atoms with Gasteiger partial charge in [-0.15, -0.1) is 0 Å². The SMILES string of the molecule is CC(C)OCCCNC(=O)CC[C@]1(Cc2cccc3ccccc23)CCC(=O)N1. The Hall–Kier alpha value is -2.40. The number of carbonyl (C=O) groups excluding carboxylic acids is 2. The van der Waals surface area contributed by atoms with Gasteiger partial charge in [0.1, 0.15) is 0 Å². The fourth-order valence-electron chi connectivity index (χ4n) is 4.05. The van der Waals surface area contributed by atoms with Crippen molar-refractivity contribution in [3.63, 3.8) is 0 Å². The van der Waals surface area contributed by atoms with E-state index in [0.717, 1.165) is 19.3 Å². The normalized spacial score (nSPS) is 18.9. The van der Waals surface area contributed by atoms with Crippen LogP contribution in [0.25, 0.3) is 10.8 Å². The summed E-state index contributed by atoms with van der Waals surface area (Å²) in [4.78, 5) is 24.4. The number of ether oxygens (including phenoxy) is 1. The van der Waals surface area contributed by atoms with Crippen molar-refractivity contribution in [3.8, 4) is 0 Å². The van der Waals surface area contributed by atoms with E-state index in [2.05, 4.69) is 41.0 Å². The predicted octanol–water partition coefficient (Wildman–Crippen LogP) is 3.74. The Balaban J connectivity index is 1.59. The van der Waals surface area contributed by atoms with Crippen LogP contribution in [0.15, 0.2) is 42.5 Å². The number of rotatable bonds is 10. The van der Waals surface area contributed by atoms with Crippen LogP contribution < -0.4 is 10.6 Å². The lowest BCUT2D eigenvalue weighted by Gasteiger charge is -2.30. The zero-order valence-electron chi connectivity index (χ0n) is 17.5. The van der Waals surface area contributed by atoms with Crippen LogP contribution in [0.2, 0.25) is 0 Å². The van der Waals surface area contributed by atoms with Gasteiger partial charge in [0.2, 0.25) is 11.8 Å². The lowest BCUT2D eigenvalue weighted by Crippen LogP contribution is -2.44. The van der Waals surface area contributed by atoms with Gasteiger partial charge in [-0.3, -0.25) is 9.59 Å². The summed E-state index contributed by atoms with van der Waals surface area (Å²) in [5.41, 5.74) is 0.871. The summed E-state index contributed by atoms with van der Waals surface area (Å²) in [5.74, 6) is 0.115. The summed E-state index contributed by atoms with van der Waals surface area (Å²) in [6.45, 7) is 5.28. The average molecular weight is 397 g/mol. The first-order valence-corrected chi connectivity index (χ1v) is 10.6. The number of hydrogen-bond acceptors (Lipinski definition) is 3. The molecule has 0 radical (unpaired) electrons. The minimum absolute atomic E-state index is 0.0352. The molecule has 2 N–H and O–H groups in total. The van der Waals surface area contributed by atoms with Crippen molar-refractivity contribution in [2.75, 3.05) is 13.2 Å². The van der Waals surface area contributed by atoms with Crippen molar-refractivity contribution in [3.05, 3.63) is 48.0 Å². The fraction of sp³-hybridized carbons (Fsp3) is 0.500. The topological polar surface area (TPSA) is 67.4 Å². The van der Waals surface area contributed by atoms with Crippen LogP contribution in [-0.4, -0.2) is 36.6 Å². The number of carbonyl (C=O) groups is 2. The molecule has 1 heterocycles. The largest absolute Gasteiger partial charge is 0.379 e. The standard InChI is InChI=1S/C24H32N2O3/c1-18(2)29-16-6-15-25-22(27)11-13-24(14-12-23(28)26-24)17-20-9-5-8-19-7-3-4-10-21(19)20/h3-5,7-10,18H,6,11-17H2,1-2H3,(H,25,27)(H,26,28)/t24-/m1/s1. The Morgan fingerprint density at radius 3 is 2.76 bits per heavy atom. The quantitative estimate of drug-likeness (QED) is 0.601. The van der Waals surface area contributed by atoms with Crippen molar-refractivity contribution < 1.29 is 14.3 Å². The van der Waals surface area contributed by atoms with Gasteiger partial charge in [0.25, 0.3) is 0 Å². The molecule has 1 fully saturated rings. The summed E-state index contributed by atoms with van der Waals surface area (Å²) >= 11 is 0. The molecule has 0 saturated carbocycles. The highest BCUT2D eigenvalue weighted by molar-refractivity contribution is 5.86. The molecule has 156 valence electrons. The number of benzene rings is 2. The first-order chi connectivity index (χ1) is 14.0. The van der Waals surface area contributed by atoms with Crippen molar-refractivity contribution in [1.29, 1.82) is 0 Å². The Morgan fingerprint density at radius 1 is 1.21 bits per heavy atom. The number of fused-ring (bicyclic) bond motifs is 1. The molecule has 5 heteroatoms. The van der Waals surface area contributed by atoms with Gasteiger partial charge in [-0.2, -0.15) is 0 Å². The average Bonchev–Trinajstić information content (AvgIpc) is 3.07. The summed E-state index contributed by atoms with van der Waals surface area (Å²) in [5, 5.41) is 8.57. The first-order valence-electron chi connectivity index (χ1n) is 10.6. The van der Waals surface area contributed by atoms with E-state index in [1.807, 2.05) is 26.0 Å². The van der Waals surface area contributed by atoms with Gasteiger partial charge in [0, 0.05) is 31.5 Å². The zero-order chi connectivity index (χ0) is 20.7. The second kappa shape index (κ2) is 9.88. The number of nitrogens with one attached hydrogen (secondary N) is 2. The van der Waals surface area contributed by atoms with Gasteiger partial charge in [-0.05, 0) is 55.9 Å². The predicted molar refractivity (Wildman–Crippen MR) is 116 cm³/mol. The molecule has 0 aliphatic carbocycles. The molecule has 0 spiro atoms. The highest BCUT2D eigenvalue weighted by atomic mass is 16.5. The number of amides is 2. The van der Waals surface area contributed by atoms with Crippen LogP contribution in [-0.2, 0) is 20.7 Å². The molecule has 5 nitrogen and oxygen atoms in total. The van der Waals surface area contributed by atoms with Gasteiger partial charge in [-0.25, -0.2) is 0 Å². The van der Waals surface area contributed by atoms with Gasteiger partial charge < -0.3 is 15.4 Å². The molecular weight excluding hydrogens is 364 g/mol. The van der Waals surface area contributed by atoms with Crippen molar-refractivity contribution in [1.82, 2.24) is 10.6 Å². The summed E-state index contributed by atoms with van der Waals surface area (Å²) in [6.07, 6.45) is 4.12. The third kappa shape index (κ3) is 6.04. The van der Waals surface area contributed by atoms with Crippen LogP contribution in [0.1, 0.15) is 51.5 Å². The van der Waals surface area contributed by atoms with E-state index in [4.69, 9.17) is 4.74 Å². The van der Waals surface area contributed by atoms with E-state index >= 15 is 0 Å². The van der Waals surface area contributed by atoms with Crippen LogP contribution in [0, 0.1) is 0 Å². The maximum Gasteiger partial charge on any atom is 0.220 e. The molecule has 1 aliphatic rings. The van der Waals surface area contributed by atoms with Crippen LogP contribution >= 0.6 is 0 Å². The first kappa shape index (κ1) is 21.3. The van der Waals surface area contributed by atoms with E-state index < -0.39 is 0 Å². The van der Waals surface area contributed by atoms with Gasteiger partial charge >= 0.3 is 0 Å². The third-order valence-electron chi connectivity index (χ3n) is 5.57. The molecule has 1 saturated heterocycles. The smallest absolute Gasteiger partial charge is 0.220 e. The number of hydrogen-bond donors (Lipinski definition) is 2. The molecule has 2 aromatic rings. The Bertz CT molecular complexity index is 844. The Labute approximate surface area is 173 Å². The minimum atomic E-state index is -0.348. The van der Waals surface area contributed by atoms with E-state index in [0.29, 0.717) is 32.4 Å². The molecular formula is C24H32N2O3. The van der Waals surface area contributed by atoms with Gasteiger partial charge in [-0.1, -0.05) is 42.5 Å². The molecule has 2 aromatic carbocycles. The van der Waals surface area contributed by atoms with Crippen molar-refractivity contribution >= 4 is 22.6 Å². The second-order valence-corrected chi connectivity index (χ2v) is 8.27. The van der Waals surface area contributed by atoms with Crippen LogP contribution in [0.4, 0.5) is 0 Å². The summed E-state index contributed by atoms with van der Waals surface area (Å²) < 4.78 is 5.50. The Kier molecular flexibility index (Phi) is 7.26. The van der Waals surface area contributed by atoms with Crippen molar-refractivity contribution in [2.24, 2.45) is 0 Å². The summed E-state index contributed by atoms with van der Waals surface area (Å²) in [7, 11) is 0. The maximum atomic E-state index is 12.3. The van der Waals surface area contributed by atoms with Gasteiger partial charge in [0.05, 0.1) is 6.10 Å². The minimum Gasteiger partial charge on any atom is -0.379 e. The molecule has 1 aliphatic heterocycles. The second-order valence-electron chi connectivity index (χ2n) is 8.27. The molecule has 2 amide bonds. The van der Waals surface area contributed by atoms with E-state index in [-0.39, 0.29) is 23.5 Å². The van der Waals surface area contributed by atoms with Crippen LogP contribution in [0.5, 0.6) is 0 Å². The maximum absolute atomic E-state index is 12.3. The molecule has 3 rings (SSSR count). The summed E-state index contributed by atoms with van der Waals surface area (Å²) in [6, 6.07) is 14.6. The lowest BCUT2D eigenvalue weighted by molar-refractivity contribution is -0.122. The van der Waals surface area contributed by atoms with Gasteiger partial charge in [0.15, 0.2) is 0 Å². The highest BCUT2D eigenvalue weighted by Crippen LogP contribution is 2.32. The molecule has 0 bridgehead atoms. The third-order valence-corrected chi connectivity index (χ3v) is 5.57. The van der Waals surface area contributed by atoms with E-state index in [1.54, 1.807) is 0 Å². The molecule has 1 atom stereocenters. The molecule has 0 unspecified atom stereocenters. The van der Waals surface area contributed by atoms with Crippen molar-refractivity contribution in [2.45, 2.75) is 64.0 Å². The van der Waals surface area contributed by atoms with E-state index in [9.17, 15) is 9.59 Å². The Morgan fingerprint density at radius 2 is 2.00 bits per heavy atom. The lowest BCUT2D eigenvalue weighted by atomic mass is 9.83. The van der Waals surface area contributed by atoms with E-state index in [1.165, 1.54) is 16.3 Å². The molecule has 0 aromatic heterocycles. The zero-order valence-corrected chi connectivity index (χ0v) is 17.5. The fourth-order valence-corrected chi connectivity index (χ4v) is 4.05. The monoisotopic (exact) mass is 396 g/mol. The molecule has 29 heavy (non-hydrogen) atoms.